The Hall–Kier alpha value is -2.57. The van der Waals surface area contributed by atoms with Crippen molar-refractivity contribution in [1.82, 2.24) is 16.0 Å². The Labute approximate surface area is 148 Å². The Morgan fingerprint density at radius 3 is 2.64 bits per heavy atom. The Kier molecular flexibility index (Phi) is 6.80. The standard InChI is InChI=1S/C18H26N4O3/c1-12(2)21-17(23)8-9-19-18(24)20-11-15-10-16(22-25-15)14-6-4-13(3)5-7-14/h4-7,12,15H,8-11H2,1-3H3,(H,21,23)(H2,19,20,24). The molecule has 0 aromatic heterocycles. The van der Waals surface area contributed by atoms with Gasteiger partial charge in [0.15, 0.2) is 6.10 Å². The largest absolute Gasteiger partial charge is 0.390 e. The molecule has 1 aromatic rings. The van der Waals surface area contributed by atoms with E-state index in [1.54, 1.807) is 0 Å². The minimum absolute atomic E-state index is 0.0782. The van der Waals surface area contributed by atoms with Crippen molar-refractivity contribution in [3.05, 3.63) is 35.4 Å². The van der Waals surface area contributed by atoms with Crippen LogP contribution in [0.2, 0.25) is 0 Å². The third-order valence-electron chi connectivity index (χ3n) is 3.70. The summed E-state index contributed by atoms with van der Waals surface area (Å²) in [5.74, 6) is -0.0782. The molecule has 0 spiro atoms. The van der Waals surface area contributed by atoms with Crippen molar-refractivity contribution in [2.75, 3.05) is 13.1 Å². The molecular formula is C18H26N4O3. The number of carbonyl (C=O) groups is 2. The molecule has 1 atom stereocenters. The molecule has 2 rings (SSSR count). The van der Waals surface area contributed by atoms with E-state index in [2.05, 4.69) is 21.1 Å². The first kappa shape index (κ1) is 18.8. The number of hydrogen-bond donors (Lipinski definition) is 3. The molecule has 1 heterocycles. The molecule has 3 N–H and O–H groups in total. The van der Waals surface area contributed by atoms with Crippen molar-refractivity contribution in [2.45, 2.75) is 45.8 Å². The van der Waals surface area contributed by atoms with Crippen molar-refractivity contribution in [3.63, 3.8) is 0 Å². The molecule has 1 aromatic carbocycles. The first-order valence-electron chi connectivity index (χ1n) is 8.55. The van der Waals surface area contributed by atoms with Crippen LogP contribution in [0, 0.1) is 6.92 Å². The van der Waals surface area contributed by atoms with E-state index in [1.165, 1.54) is 5.56 Å². The summed E-state index contributed by atoms with van der Waals surface area (Å²) in [7, 11) is 0. The third-order valence-corrected chi connectivity index (χ3v) is 3.70. The topological polar surface area (TPSA) is 91.8 Å². The Morgan fingerprint density at radius 1 is 1.24 bits per heavy atom. The molecular weight excluding hydrogens is 320 g/mol. The van der Waals surface area contributed by atoms with Gasteiger partial charge >= 0.3 is 6.03 Å². The molecule has 25 heavy (non-hydrogen) atoms. The van der Waals surface area contributed by atoms with Crippen LogP contribution < -0.4 is 16.0 Å². The zero-order valence-corrected chi connectivity index (χ0v) is 15.0. The first-order valence-corrected chi connectivity index (χ1v) is 8.55. The molecule has 0 fully saturated rings. The van der Waals surface area contributed by atoms with Gasteiger partial charge in [-0.25, -0.2) is 4.79 Å². The highest BCUT2D eigenvalue weighted by Crippen LogP contribution is 2.16. The highest BCUT2D eigenvalue weighted by molar-refractivity contribution is 6.01. The van der Waals surface area contributed by atoms with E-state index in [9.17, 15) is 9.59 Å². The van der Waals surface area contributed by atoms with Gasteiger partial charge in [0.05, 0.1) is 12.3 Å². The van der Waals surface area contributed by atoms with Crippen molar-refractivity contribution >= 4 is 17.6 Å². The smallest absolute Gasteiger partial charge is 0.314 e. The second-order valence-electron chi connectivity index (χ2n) is 6.44. The van der Waals surface area contributed by atoms with Gasteiger partial charge < -0.3 is 20.8 Å². The van der Waals surface area contributed by atoms with Crippen LogP contribution in [-0.4, -0.2) is 42.9 Å². The highest BCUT2D eigenvalue weighted by Gasteiger charge is 2.22. The molecule has 136 valence electrons. The number of hydrogen-bond acceptors (Lipinski definition) is 4. The summed E-state index contributed by atoms with van der Waals surface area (Å²) >= 11 is 0. The van der Waals surface area contributed by atoms with E-state index in [-0.39, 0.29) is 30.5 Å². The van der Waals surface area contributed by atoms with E-state index in [0.717, 1.165) is 11.3 Å². The number of rotatable bonds is 7. The quantitative estimate of drug-likeness (QED) is 0.702. The number of benzene rings is 1. The lowest BCUT2D eigenvalue weighted by Crippen LogP contribution is -2.41. The average molecular weight is 346 g/mol. The van der Waals surface area contributed by atoms with E-state index in [1.807, 2.05) is 45.0 Å². The van der Waals surface area contributed by atoms with Gasteiger partial charge in [0.1, 0.15) is 0 Å². The molecule has 1 aliphatic heterocycles. The lowest BCUT2D eigenvalue weighted by molar-refractivity contribution is -0.121. The van der Waals surface area contributed by atoms with E-state index in [0.29, 0.717) is 19.5 Å². The number of oxime groups is 1. The van der Waals surface area contributed by atoms with Crippen LogP contribution in [-0.2, 0) is 9.63 Å². The minimum atomic E-state index is -0.315. The van der Waals surface area contributed by atoms with Gasteiger partial charge in [-0.15, -0.1) is 0 Å². The van der Waals surface area contributed by atoms with Gasteiger partial charge in [0, 0.05) is 25.4 Å². The molecule has 0 saturated heterocycles. The fourth-order valence-corrected chi connectivity index (χ4v) is 2.41. The van der Waals surface area contributed by atoms with E-state index >= 15 is 0 Å². The molecule has 0 aliphatic carbocycles. The predicted octanol–water partition coefficient (Wildman–Crippen LogP) is 1.70. The van der Waals surface area contributed by atoms with Gasteiger partial charge in [-0.1, -0.05) is 35.0 Å². The van der Waals surface area contributed by atoms with Crippen molar-refractivity contribution in [3.8, 4) is 0 Å². The minimum Gasteiger partial charge on any atom is -0.390 e. The lowest BCUT2D eigenvalue weighted by Gasteiger charge is -2.11. The van der Waals surface area contributed by atoms with Crippen molar-refractivity contribution in [1.29, 1.82) is 0 Å². The van der Waals surface area contributed by atoms with Gasteiger partial charge in [-0.3, -0.25) is 4.79 Å². The summed E-state index contributed by atoms with van der Waals surface area (Å²) in [5, 5.41) is 12.3. The third kappa shape index (κ3) is 6.45. The summed E-state index contributed by atoms with van der Waals surface area (Å²) in [6.07, 6.45) is 0.734. The first-order chi connectivity index (χ1) is 11.9. The highest BCUT2D eigenvalue weighted by atomic mass is 16.6. The normalized spacial score (nSPS) is 16.2. The van der Waals surface area contributed by atoms with Crippen LogP contribution in [0.25, 0.3) is 0 Å². The summed E-state index contributed by atoms with van der Waals surface area (Å²) in [6, 6.07) is 7.89. The molecule has 0 bridgehead atoms. The SMILES string of the molecule is Cc1ccc(C2=NOC(CNC(=O)NCCC(=O)NC(C)C)C2)cc1. The number of nitrogens with one attached hydrogen (secondary N) is 3. The maximum atomic E-state index is 11.7. The Morgan fingerprint density at radius 2 is 1.96 bits per heavy atom. The maximum Gasteiger partial charge on any atom is 0.314 e. The summed E-state index contributed by atoms with van der Waals surface area (Å²) < 4.78 is 0. The lowest BCUT2D eigenvalue weighted by atomic mass is 10.0. The molecule has 0 radical (unpaired) electrons. The van der Waals surface area contributed by atoms with Crippen LogP contribution >= 0.6 is 0 Å². The second kappa shape index (κ2) is 9.05. The van der Waals surface area contributed by atoms with Gasteiger partial charge in [0.25, 0.3) is 0 Å². The van der Waals surface area contributed by atoms with Crippen LogP contribution in [0.4, 0.5) is 4.79 Å². The van der Waals surface area contributed by atoms with Crippen LogP contribution in [0.3, 0.4) is 0 Å². The number of urea groups is 1. The number of aryl methyl sites for hydroxylation is 1. The Balaban J connectivity index is 1.63. The van der Waals surface area contributed by atoms with Crippen LogP contribution in [0.15, 0.2) is 29.4 Å². The van der Waals surface area contributed by atoms with Gasteiger partial charge in [0.2, 0.25) is 5.91 Å². The van der Waals surface area contributed by atoms with Gasteiger partial charge in [-0.05, 0) is 26.3 Å². The van der Waals surface area contributed by atoms with Gasteiger partial charge in [-0.2, -0.15) is 0 Å². The molecule has 3 amide bonds. The number of amides is 3. The fraction of sp³-hybridized carbons (Fsp3) is 0.500. The average Bonchev–Trinajstić information content (AvgIpc) is 3.02. The summed E-state index contributed by atoms with van der Waals surface area (Å²) in [4.78, 5) is 28.6. The molecule has 7 heteroatoms. The zero-order valence-electron chi connectivity index (χ0n) is 15.0. The summed E-state index contributed by atoms with van der Waals surface area (Å²) in [6.45, 7) is 6.48. The number of nitrogens with zero attached hydrogens (tertiary/aromatic N) is 1. The van der Waals surface area contributed by atoms with Crippen LogP contribution in [0.5, 0.6) is 0 Å². The Bertz CT molecular complexity index is 626. The second-order valence-corrected chi connectivity index (χ2v) is 6.44. The zero-order chi connectivity index (χ0) is 18.2. The van der Waals surface area contributed by atoms with Crippen molar-refractivity contribution in [2.24, 2.45) is 5.16 Å². The molecule has 0 saturated carbocycles. The fourth-order valence-electron chi connectivity index (χ4n) is 2.41. The molecule has 7 nitrogen and oxygen atoms in total. The van der Waals surface area contributed by atoms with E-state index < -0.39 is 0 Å². The van der Waals surface area contributed by atoms with Crippen LogP contribution in [0.1, 0.15) is 37.8 Å². The molecule has 1 aliphatic rings. The summed E-state index contributed by atoms with van der Waals surface area (Å²) in [5.41, 5.74) is 3.12. The predicted molar refractivity (Wildman–Crippen MR) is 96.5 cm³/mol. The maximum absolute atomic E-state index is 11.7. The molecule has 1 unspecified atom stereocenters. The van der Waals surface area contributed by atoms with E-state index in [4.69, 9.17) is 4.84 Å². The van der Waals surface area contributed by atoms with Crippen molar-refractivity contribution < 1.29 is 14.4 Å². The number of carbonyl (C=O) groups excluding carboxylic acids is 2. The monoisotopic (exact) mass is 346 g/mol.